The smallest absolute Gasteiger partial charge is 0.416 e. The van der Waals surface area contributed by atoms with Gasteiger partial charge in [-0.15, -0.1) is 11.3 Å². The van der Waals surface area contributed by atoms with Crippen LogP contribution in [0.4, 0.5) is 29.5 Å². The van der Waals surface area contributed by atoms with Crippen molar-refractivity contribution in [1.82, 2.24) is 0 Å². The number of aromatic hydroxyl groups is 1. The van der Waals surface area contributed by atoms with Crippen LogP contribution in [0, 0.1) is 0 Å². The van der Waals surface area contributed by atoms with Gasteiger partial charge in [-0.1, -0.05) is 6.07 Å². The summed E-state index contributed by atoms with van der Waals surface area (Å²) in [6, 6.07) is 8.92. The standard InChI is InChI=1S/C25H22F3N3O3S/c1-2-34-24(33)22-19-8-3-4-9-21(19)35-23(22)29-14-15-12-18(10-11-20(15)32)31-30-17-7-5-6-16(13-17)25(26,27)28/h5-7,10-14,32H,2-4,8-9H2,1H3/b29-14+,31-30?. The van der Waals surface area contributed by atoms with Crippen LogP contribution in [-0.4, -0.2) is 23.9 Å². The first-order chi connectivity index (χ1) is 16.8. The van der Waals surface area contributed by atoms with Crippen molar-refractivity contribution in [2.24, 2.45) is 15.2 Å². The Morgan fingerprint density at radius 1 is 1.11 bits per heavy atom. The Morgan fingerprint density at radius 3 is 2.60 bits per heavy atom. The second kappa shape index (κ2) is 10.4. The first-order valence-corrected chi connectivity index (χ1v) is 11.9. The van der Waals surface area contributed by atoms with E-state index in [0.717, 1.165) is 48.3 Å². The average molecular weight is 502 g/mol. The van der Waals surface area contributed by atoms with Gasteiger partial charge in [0.1, 0.15) is 10.8 Å². The van der Waals surface area contributed by atoms with Crippen molar-refractivity contribution in [1.29, 1.82) is 0 Å². The van der Waals surface area contributed by atoms with E-state index in [1.807, 2.05) is 0 Å². The van der Waals surface area contributed by atoms with E-state index >= 15 is 0 Å². The third-order valence-electron chi connectivity index (χ3n) is 5.42. The molecule has 10 heteroatoms. The topological polar surface area (TPSA) is 83.6 Å². The molecule has 1 aliphatic carbocycles. The molecule has 35 heavy (non-hydrogen) atoms. The highest BCUT2D eigenvalue weighted by Crippen LogP contribution is 2.40. The quantitative estimate of drug-likeness (QED) is 0.213. The summed E-state index contributed by atoms with van der Waals surface area (Å²) in [5, 5.41) is 18.7. The number of halogens is 3. The fraction of sp³-hybridized carbons (Fsp3) is 0.280. The molecule has 0 atom stereocenters. The van der Waals surface area contributed by atoms with Crippen LogP contribution >= 0.6 is 11.3 Å². The van der Waals surface area contributed by atoms with Gasteiger partial charge in [0.25, 0.3) is 0 Å². The number of phenols is 1. The van der Waals surface area contributed by atoms with Crippen LogP contribution in [-0.2, 0) is 23.8 Å². The number of phenolic OH excluding ortho intramolecular Hbond substituents is 1. The van der Waals surface area contributed by atoms with Crippen molar-refractivity contribution in [3.05, 3.63) is 69.6 Å². The lowest BCUT2D eigenvalue weighted by molar-refractivity contribution is -0.137. The van der Waals surface area contributed by atoms with Gasteiger partial charge >= 0.3 is 12.1 Å². The number of carbonyl (C=O) groups excluding carboxylic acids is 1. The molecule has 6 nitrogen and oxygen atoms in total. The zero-order valence-electron chi connectivity index (χ0n) is 18.8. The minimum absolute atomic E-state index is 0.0476. The molecule has 1 N–H and O–H groups in total. The molecule has 0 spiro atoms. The molecule has 0 radical (unpaired) electrons. The normalized spacial score (nSPS) is 13.9. The maximum atomic E-state index is 12.9. The number of ether oxygens (including phenoxy) is 1. The largest absolute Gasteiger partial charge is 0.507 e. The van der Waals surface area contributed by atoms with Crippen molar-refractivity contribution in [2.75, 3.05) is 6.61 Å². The summed E-state index contributed by atoms with van der Waals surface area (Å²) in [5.41, 5.74) is 1.33. The van der Waals surface area contributed by atoms with Crippen molar-refractivity contribution < 1.29 is 27.8 Å². The summed E-state index contributed by atoms with van der Waals surface area (Å²) in [6.45, 7) is 2.00. The number of azo groups is 1. The molecular weight excluding hydrogens is 479 g/mol. The Bertz CT molecular complexity index is 1300. The van der Waals surface area contributed by atoms with E-state index in [-0.39, 0.29) is 18.0 Å². The van der Waals surface area contributed by atoms with E-state index in [1.165, 1.54) is 47.9 Å². The molecule has 0 saturated carbocycles. The minimum atomic E-state index is -4.48. The molecule has 0 bridgehead atoms. The molecule has 1 aromatic heterocycles. The van der Waals surface area contributed by atoms with Crippen molar-refractivity contribution >= 4 is 39.9 Å². The van der Waals surface area contributed by atoms with E-state index in [0.29, 0.717) is 21.8 Å². The Hall–Kier alpha value is -3.53. The maximum Gasteiger partial charge on any atom is 0.416 e. The van der Waals surface area contributed by atoms with Gasteiger partial charge in [0, 0.05) is 16.7 Å². The summed E-state index contributed by atoms with van der Waals surface area (Å²) < 4.78 is 44.0. The molecule has 182 valence electrons. The van der Waals surface area contributed by atoms with Gasteiger partial charge in [-0.2, -0.15) is 23.4 Å². The first-order valence-electron chi connectivity index (χ1n) is 11.0. The van der Waals surface area contributed by atoms with E-state index in [2.05, 4.69) is 15.2 Å². The molecule has 1 aliphatic rings. The Morgan fingerprint density at radius 2 is 1.86 bits per heavy atom. The number of hydrogen-bond acceptors (Lipinski definition) is 7. The number of thiophene rings is 1. The summed E-state index contributed by atoms with van der Waals surface area (Å²) in [4.78, 5) is 18.2. The lowest BCUT2D eigenvalue weighted by Gasteiger charge is -2.11. The highest BCUT2D eigenvalue weighted by atomic mass is 32.1. The van der Waals surface area contributed by atoms with Crippen LogP contribution in [0.3, 0.4) is 0 Å². The minimum Gasteiger partial charge on any atom is -0.507 e. The second-order valence-corrected chi connectivity index (χ2v) is 8.94. The molecule has 2 aromatic carbocycles. The molecule has 4 rings (SSSR count). The van der Waals surface area contributed by atoms with Gasteiger partial charge in [-0.3, -0.25) is 0 Å². The van der Waals surface area contributed by atoms with Gasteiger partial charge in [0.05, 0.1) is 29.1 Å². The zero-order valence-corrected chi connectivity index (χ0v) is 19.6. The number of nitrogens with zero attached hydrogens (tertiary/aromatic N) is 3. The monoisotopic (exact) mass is 501 g/mol. The zero-order chi connectivity index (χ0) is 25.0. The number of aliphatic imine (C=N–C) groups is 1. The number of carbonyl (C=O) groups is 1. The third-order valence-corrected chi connectivity index (χ3v) is 6.62. The highest BCUT2D eigenvalue weighted by Gasteiger charge is 2.30. The van der Waals surface area contributed by atoms with Crippen LogP contribution in [0.25, 0.3) is 0 Å². The Kier molecular flexibility index (Phi) is 7.30. The van der Waals surface area contributed by atoms with Crippen LogP contribution in [0.2, 0.25) is 0 Å². The summed E-state index contributed by atoms with van der Waals surface area (Å²) in [5.74, 6) is -0.474. The van der Waals surface area contributed by atoms with E-state index < -0.39 is 17.7 Å². The second-order valence-electron chi connectivity index (χ2n) is 7.86. The van der Waals surface area contributed by atoms with Crippen LogP contribution in [0.5, 0.6) is 5.75 Å². The van der Waals surface area contributed by atoms with Crippen molar-refractivity contribution in [3.8, 4) is 5.75 Å². The van der Waals surface area contributed by atoms with Crippen molar-refractivity contribution in [3.63, 3.8) is 0 Å². The number of esters is 1. The summed E-state index contributed by atoms with van der Waals surface area (Å²) in [7, 11) is 0. The van der Waals surface area contributed by atoms with Gasteiger partial charge in [0.15, 0.2) is 0 Å². The highest BCUT2D eigenvalue weighted by molar-refractivity contribution is 7.16. The lowest BCUT2D eigenvalue weighted by atomic mass is 9.95. The molecule has 0 saturated heterocycles. The number of rotatable bonds is 6. The van der Waals surface area contributed by atoms with Gasteiger partial charge in [-0.05, 0) is 74.6 Å². The molecule has 0 fully saturated rings. The number of aryl methyl sites for hydroxylation is 1. The van der Waals surface area contributed by atoms with Crippen LogP contribution < -0.4 is 0 Å². The average Bonchev–Trinajstić information content (AvgIpc) is 3.21. The fourth-order valence-corrected chi connectivity index (χ4v) is 4.97. The third kappa shape index (κ3) is 5.76. The Balaban J connectivity index is 1.61. The summed E-state index contributed by atoms with van der Waals surface area (Å²) >= 11 is 1.44. The molecule has 0 unspecified atom stereocenters. The fourth-order valence-electron chi connectivity index (χ4n) is 3.75. The Labute approximate surface area is 203 Å². The summed E-state index contributed by atoms with van der Waals surface area (Å²) in [6.07, 6.45) is 0.693. The predicted octanol–water partition coefficient (Wildman–Crippen LogP) is 7.69. The predicted molar refractivity (Wildman–Crippen MR) is 128 cm³/mol. The van der Waals surface area contributed by atoms with E-state index in [4.69, 9.17) is 4.74 Å². The van der Waals surface area contributed by atoms with Crippen molar-refractivity contribution in [2.45, 2.75) is 38.8 Å². The number of benzene rings is 2. The maximum absolute atomic E-state index is 12.9. The lowest BCUT2D eigenvalue weighted by Crippen LogP contribution is -2.09. The molecular formula is C25H22F3N3O3S. The molecule has 3 aromatic rings. The molecule has 0 aliphatic heterocycles. The SMILES string of the molecule is CCOC(=O)c1c(/N=C/c2cc(N=Nc3cccc(C(F)(F)F)c3)ccc2O)sc2c1CCCC2. The molecule has 1 heterocycles. The number of fused-ring (bicyclic) bond motifs is 1. The van der Waals surface area contributed by atoms with Crippen LogP contribution in [0.15, 0.2) is 57.7 Å². The van der Waals surface area contributed by atoms with Gasteiger partial charge in [-0.25, -0.2) is 9.79 Å². The number of alkyl halides is 3. The van der Waals surface area contributed by atoms with E-state index in [9.17, 15) is 23.1 Å². The number of hydrogen-bond donors (Lipinski definition) is 1. The molecule has 0 amide bonds. The van der Waals surface area contributed by atoms with Gasteiger partial charge in [0.2, 0.25) is 0 Å². The van der Waals surface area contributed by atoms with Crippen LogP contribution in [0.1, 0.15) is 51.7 Å². The van der Waals surface area contributed by atoms with Gasteiger partial charge < -0.3 is 9.84 Å². The first kappa shape index (κ1) is 24.6. The van der Waals surface area contributed by atoms with E-state index in [1.54, 1.807) is 6.92 Å².